The molecule has 1 aromatic rings. The Kier molecular flexibility index (Phi) is 4.20. The van der Waals surface area contributed by atoms with Crippen LogP contribution in [-0.4, -0.2) is 26.7 Å². The maximum Gasteiger partial charge on any atom is 0.251 e. The van der Waals surface area contributed by atoms with Crippen LogP contribution in [0.1, 0.15) is 43.5 Å². The third-order valence-electron chi connectivity index (χ3n) is 2.83. The molecule has 1 aromatic heterocycles. The van der Waals surface area contributed by atoms with Gasteiger partial charge in [-0.1, -0.05) is 20.8 Å². The highest BCUT2D eigenvalue weighted by atomic mass is 32.2. The summed E-state index contributed by atoms with van der Waals surface area (Å²) in [5.74, 6) is 3.48. The lowest BCUT2D eigenvalue weighted by molar-refractivity contribution is 0.751. The Bertz CT molecular complexity index is 444. The number of hydrogen-bond donors (Lipinski definition) is 1. The molecule has 2 heterocycles. The molecular formula is C12H18N2OS2. The lowest BCUT2D eigenvalue weighted by Crippen LogP contribution is -2.22. The van der Waals surface area contributed by atoms with Gasteiger partial charge in [0, 0.05) is 22.8 Å². The first-order valence-electron chi connectivity index (χ1n) is 5.92. The highest BCUT2D eigenvalue weighted by Gasteiger charge is 2.26. The van der Waals surface area contributed by atoms with Crippen molar-refractivity contribution in [3.8, 4) is 0 Å². The predicted octanol–water partition coefficient (Wildman–Crippen LogP) is 2.80. The van der Waals surface area contributed by atoms with E-state index in [0.29, 0.717) is 16.4 Å². The number of aromatic amines is 1. The fourth-order valence-corrected chi connectivity index (χ4v) is 4.57. The fraction of sp³-hybridized carbons (Fsp3) is 0.667. The van der Waals surface area contributed by atoms with Gasteiger partial charge in [0.2, 0.25) is 0 Å². The number of rotatable bonds is 2. The van der Waals surface area contributed by atoms with Crippen LogP contribution in [0.15, 0.2) is 10.9 Å². The maximum absolute atomic E-state index is 11.7. The molecule has 5 heteroatoms. The van der Waals surface area contributed by atoms with Gasteiger partial charge in [0.05, 0.1) is 10.9 Å². The van der Waals surface area contributed by atoms with Crippen LogP contribution in [0, 0.1) is 0 Å². The van der Waals surface area contributed by atoms with Gasteiger partial charge in [0.15, 0.2) is 0 Å². The van der Waals surface area contributed by atoms with E-state index in [0.717, 1.165) is 17.3 Å². The second-order valence-corrected chi connectivity index (χ2v) is 7.31. The van der Waals surface area contributed by atoms with Gasteiger partial charge >= 0.3 is 0 Å². The normalized spacial score (nSPS) is 25.2. The van der Waals surface area contributed by atoms with Gasteiger partial charge in [0.25, 0.3) is 5.56 Å². The second-order valence-electron chi connectivity index (χ2n) is 4.58. The van der Waals surface area contributed by atoms with Crippen molar-refractivity contribution in [2.75, 3.05) is 11.5 Å². The van der Waals surface area contributed by atoms with Gasteiger partial charge in [-0.05, 0) is 5.92 Å². The minimum Gasteiger partial charge on any atom is -0.310 e. The number of aromatic nitrogens is 2. The molecule has 3 nitrogen and oxygen atoms in total. The van der Waals surface area contributed by atoms with Crippen LogP contribution in [-0.2, 0) is 0 Å². The average Bonchev–Trinajstić information content (AvgIpc) is 2.28. The van der Waals surface area contributed by atoms with Crippen molar-refractivity contribution in [1.29, 1.82) is 0 Å². The van der Waals surface area contributed by atoms with Crippen molar-refractivity contribution in [1.82, 2.24) is 9.97 Å². The maximum atomic E-state index is 11.7. The Morgan fingerprint density at radius 2 is 2.12 bits per heavy atom. The Morgan fingerprint density at radius 1 is 1.41 bits per heavy atom. The van der Waals surface area contributed by atoms with Gasteiger partial charge in [-0.15, -0.1) is 11.8 Å². The van der Waals surface area contributed by atoms with E-state index >= 15 is 0 Å². The van der Waals surface area contributed by atoms with E-state index in [-0.39, 0.29) is 5.56 Å². The summed E-state index contributed by atoms with van der Waals surface area (Å²) < 4.78 is 0. The van der Waals surface area contributed by atoms with E-state index in [1.807, 2.05) is 23.5 Å². The molecular weight excluding hydrogens is 252 g/mol. The number of H-pyrrole nitrogens is 1. The van der Waals surface area contributed by atoms with Crippen LogP contribution in [0.4, 0.5) is 0 Å². The van der Waals surface area contributed by atoms with Gasteiger partial charge in [-0.3, -0.25) is 4.79 Å². The Labute approximate surface area is 110 Å². The van der Waals surface area contributed by atoms with Crippen LogP contribution in [0.5, 0.6) is 0 Å². The molecule has 1 fully saturated rings. The first-order chi connectivity index (χ1) is 8.08. The number of hydrogen-bond acceptors (Lipinski definition) is 4. The second kappa shape index (κ2) is 5.48. The minimum atomic E-state index is -0.0259. The topological polar surface area (TPSA) is 45.8 Å². The molecule has 0 amide bonds. The van der Waals surface area contributed by atoms with Crippen LogP contribution in [0.3, 0.4) is 0 Å². The third kappa shape index (κ3) is 3.07. The van der Waals surface area contributed by atoms with Gasteiger partial charge in [0.1, 0.15) is 5.82 Å². The van der Waals surface area contributed by atoms with Crippen molar-refractivity contribution in [3.63, 3.8) is 0 Å². The lowest BCUT2D eigenvalue weighted by Gasteiger charge is -2.27. The Hall–Kier alpha value is -0.420. The highest BCUT2D eigenvalue weighted by Crippen LogP contribution is 2.40. The molecule has 0 radical (unpaired) electrons. The quantitative estimate of drug-likeness (QED) is 0.897. The molecule has 2 unspecified atom stereocenters. The molecule has 0 saturated carbocycles. The van der Waals surface area contributed by atoms with E-state index in [9.17, 15) is 4.79 Å². The van der Waals surface area contributed by atoms with E-state index in [1.165, 1.54) is 5.75 Å². The zero-order valence-electron chi connectivity index (χ0n) is 10.4. The Morgan fingerprint density at radius 3 is 2.76 bits per heavy atom. The molecule has 0 aliphatic carbocycles. The average molecular weight is 270 g/mol. The first kappa shape index (κ1) is 13.0. The molecule has 1 aliphatic heterocycles. The fourth-order valence-electron chi connectivity index (χ4n) is 1.86. The van der Waals surface area contributed by atoms with E-state index in [1.54, 1.807) is 6.07 Å². The molecule has 1 aliphatic rings. The zero-order chi connectivity index (χ0) is 12.4. The summed E-state index contributed by atoms with van der Waals surface area (Å²) in [6.07, 6.45) is 0. The molecule has 94 valence electrons. The standard InChI is InChI=1S/C12H18N2OS2/c1-7(2)9-6-10(15)14-12(13-9)11-8(3)16-4-5-17-11/h6-8,11H,4-5H2,1-3H3,(H,13,14,15). The molecule has 2 atom stereocenters. The van der Waals surface area contributed by atoms with E-state index in [4.69, 9.17) is 0 Å². The van der Waals surface area contributed by atoms with Crippen LogP contribution in [0.25, 0.3) is 0 Å². The summed E-state index contributed by atoms with van der Waals surface area (Å²) >= 11 is 3.86. The van der Waals surface area contributed by atoms with Crippen LogP contribution < -0.4 is 5.56 Å². The molecule has 17 heavy (non-hydrogen) atoms. The van der Waals surface area contributed by atoms with Crippen molar-refractivity contribution < 1.29 is 0 Å². The van der Waals surface area contributed by atoms with Crippen molar-refractivity contribution >= 4 is 23.5 Å². The van der Waals surface area contributed by atoms with Gasteiger partial charge in [-0.25, -0.2) is 4.98 Å². The SMILES string of the molecule is CC(C)c1cc(=O)[nH]c(C2SCCSC2C)n1. The molecule has 1 N–H and O–H groups in total. The number of nitrogens with one attached hydrogen (secondary N) is 1. The Balaban J connectivity index is 2.34. The van der Waals surface area contributed by atoms with E-state index < -0.39 is 0 Å². The summed E-state index contributed by atoms with van der Waals surface area (Å²) in [7, 11) is 0. The monoisotopic (exact) mass is 270 g/mol. The third-order valence-corrected chi connectivity index (χ3v) is 5.93. The smallest absolute Gasteiger partial charge is 0.251 e. The van der Waals surface area contributed by atoms with Crippen LogP contribution >= 0.6 is 23.5 Å². The van der Waals surface area contributed by atoms with E-state index in [2.05, 4.69) is 30.7 Å². The minimum absolute atomic E-state index is 0.0259. The predicted molar refractivity (Wildman–Crippen MR) is 76.1 cm³/mol. The number of thioether (sulfide) groups is 2. The largest absolute Gasteiger partial charge is 0.310 e. The molecule has 0 bridgehead atoms. The van der Waals surface area contributed by atoms with Crippen molar-refractivity contribution in [3.05, 3.63) is 27.9 Å². The molecule has 0 aromatic carbocycles. The van der Waals surface area contributed by atoms with Gasteiger partial charge in [-0.2, -0.15) is 11.8 Å². The van der Waals surface area contributed by atoms with Gasteiger partial charge < -0.3 is 4.98 Å². The summed E-state index contributed by atoms with van der Waals surface area (Å²) in [6.45, 7) is 6.35. The summed E-state index contributed by atoms with van der Waals surface area (Å²) in [4.78, 5) is 19.2. The number of nitrogens with zero attached hydrogens (tertiary/aromatic N) is 1. The zero-order valence-corrected chi connectivity index (χ0v) is 12.0. The summed E-state index contributed by atoms with van der Waals surface area (Å²) in [5.41, 5.74) is 0.870. The lowest BCUT2D eigenvalue weighted by atomic mass is 10.1. The highest BCUT2D eigenvalue weighted by molar-refractivity contribution is 8.06. The van der Waals surface area contributed by atoms with Crippen molar-refractivity contribution in [2.45, 2.75) is 37.2 Å². The summed E-state index contributed by atoms with van der Waals surface area (Å²) in [6, 6.07) is 1.61. The first-order valence-corrected chi connectivity index (χ1v) is 8.02. The molecule has 2 rings (SSSR count). The van der Waals surface area contributed by atoms with Crippen molar-refractivity contribution in [2.24, 2.45) is 0 Å². The van der Waals surface area contributed by atoms with Crippen LogP contribution in [0.2, 0.25) is 0 Å². The molecule has 0 spiro atoms. The summed E-state index contributed by atoms with van der Waals surface area (Å²) in [5, 5.41) is 0.833. The molecule has 1 saturated heterocycles.